The molecular weight excluding hydrogens is 402 g/mol. The topological polar surface area (TPSA) is 88.1 Å². The van der Waals surface area contributed by atoms with Crippen molar-refractivity contribution in [3.8, 4) is 5.75 Å². The Labute approximate surface area is 169 Å². The van der Waals surface area contributed by atoms with E-state index in [1.165, 1.54) is 13.2 Å². The number of nitrogens with one attached hydrogen (secondary N) is 1. The van der Waals surface area contributed by atoms with Gasteiger partial charge >= 0.3 is 0 Å². The molecule has 3 rings (SSSR count). The number of carbonyl (C=O) groups is 1. The van der Waals surface area contributed by atoms with Crippen LogP contribution in [0.15, 0.2) is 45.7 Å². The minimum Gasteiger partial charge on any atom is -0.495 e. The second-order valence-electron chi connectivity index (χ2n) is 6.25. The van der Waals surface area contributed by atoms with Crippen LogP contribution < -0.4 is 15.0 Å². The molecule has 1 heterocycles. The third-order valence-corrected chi connectivity index (χ3v) is 5.97. The molecule has 1 aliphatic heterocycles. The number of amides is 1. The Kier molecular flexibility index (Phi) is 5.62. The van der Waals surface area contributed by atoms with Gasteiger partial charge in [-0.2, -0.15) is 8.42 Å². The zero-order valence-corrected chi connectivity index (χ0v) is 17.3. The van der Waals surface area contributed by atoms with Gasteiger partial charge in [0, 0.05) is 17.8 Å². The fourth-order valence-corrected chi connectivity index (χ4v) is 4.51. The van der Waals surface area contributed by atoms with Crippen molar-refractivity contribution < 1.29 is 17.9 Å². The van der Waals surface area contributed by atoms with E-state index < -0.39 is 15.9 Å². The summed E-state index contributed by atoms with van der Waals surface area (Å²) in [4.78, 5) is 14.5. The Morgan fingerprint density at radius 1 is 1.25 bits per heavy atom. The summed E-state index contributed by atoms with van der Waals surface area (Å²) in [6.45, 7) is 4.29. The molecule has 0 radical (unpaired) electrons. The Balaban J connectivity index is 1.93. The monoisotopic (exact) mass is 421 g/mol. The predicted molar refractivity (Wildman–Crippen MR) is 110 cm³/mol. The molecule has 1 N–H and O–H groups in total. The molecule has 1 amide bonds. The summed E-state index contributed by atoms with van der Waals surface area (Å²) in [5.41, 5.74) is 1.21. The third-order valence-electron chi connectivity index (χ3n) is 4.29. The first-order chi connectivity index (χ1) is 13.3. The molecule has 2 aromatic rings. The largest absolute Gasteiger partial charge is 0.495 e. The minimum absolute atomic E-state index is 0.0203. The average Bonchev–Trinajstić information content (AvgIpc) is 2.64. The lowest BCUT2D eigenvalue weighted by Crippen LogP contribution is -2.34. The molecule has 9 heteroatoms. The molecule has 0 unspecified atom stereocenters. The molecule has 7 nitrogen and oxygen atoms in total. The van der Waals surface area contributed by atoms with E-state index in [1.54, 1.807) is 37.3 Å². The van der Waals surface area contributed by atoms with Crippen LogP contribution in [0, 0.1) is 0 Å². The lowest BCUT2D eigenvalue weighted by atomic mass is 10.1. The highest BCUT2D eigenvalue weighted by atomic mass is 35.5. The van der Waals surface area contributed by atoms with Gasteiger partial charge in [-0.15, -0.1) is 4.40 Å². The molecule has 0 fully saturated rings. The van der Waals surface area contributed by atoms with Crippen molar-refractivity contribution in [3.63, 3.8) is 0 Å². The molecule has 0 aromatic heterocycles. The number of rotatable bonds is 5. The quantitative estimate of drug-likeness (QED) is 0.789. The summed E-state index contributed by atoms with van der Waals surface area (Å²) < 4.78 is 33.9. The highest BCUT2D eigenvalue weighted by Gasteiger charge is 2.29. The van der Waals surface area contributed by atoms with Crippen molar-refractivity contribution in [2.45, 2.75) is 25.2 Å². The summed E-state index contributed by atoms with van der Waals surface area (Å²) in [6.07, 6.45) is 0.826. The van der Waals surface area contributed by atoms with E-state index in [4.69, 9.17) is 16.3 Å². The van der Waals surface area contributed by atoms with Gasteiger partial charge in [-0.1, -0.05) is 18.5 Å². The second-order valence-corrected chi connectivity index (χ2v) is 8.23. The summed E-state index contributed by atoms with van der Waals surface area (Å²) in [5.74, 6) is 0.454. The van der Waals surface area contributed by atoms with Crippen LogP contribution in [0.5, 0.6) is 5.75 Å². The van der Waals surface area contributed by atoms with Crippen molar-refractivity contribution in [2.75, 3.05) is 23.9 Å². The lowest BCUT2D eigenvalue weighted by molar-refractivity contribution is 0.102. The van der Waals surface area contributed by atoms with E-state index in [9.17, 15) is 13.2 Å². The van der Waals surface area contributed by atoms with Crippen LogP contribution in [-0.4, -0.2) is 33.8 Å². The van der Waals surface area contributed by atoms with Crippen LogP contribution in [0.1, 0.15) is 30.6 Å². The molecule has 0 spiro atoms. The summed E-state index contributed by atoms with van der Waals surface area (Å²) in [5, 5.41) is 3.06. The van der Waals surface area contributed by atoms with Gasteiger partial charge in [0.2, 0.25) is 0 Å². The summed E-state index contributed by atoms with van der Waals surface area (Å²) in [6, 6.07) is 9.42. The predicted octanol–water partition coefficient (Wildman–Crippen LogP) is 3.94. The van der Waals surface area contributed by atoms with E-state index >= 15 is 0 Å². The van der Waals surface area contributed by atoms with Gasteiger partial charge in [-0.25, -0.2) is 0 Å². The maximum absolute atomic E-state index is 12.6. The van der Waals surface area contributed by atoms with Crippen LogP contribution in [0.3, 0.4) is 0 Å². The first kappa shape index (κ1) is 20.2. The molecule has 0 saturated heterocycles. The smallest absolute Gasteiger partial charge is 0.286 e. The van der Waals surface area contributed by atoms with E-state index in [-0.39, 0.29) is 10.5 Å². The van der Waals surface area contributed by atoms with Crippen molar-refractivity contribution in [3.05, 3.63) is 47.0 Å². The minimum atomic E-state index is -3.86. The number of ether oxygens (including phenoxy) is 1. The van der Waals surface area contributed by atoms with Gasteiger partial charge in [0.05, 0.1) is 17.8 Å². The average molecular weight is 422 g/mol. The molecule has 0 aliphatic carbocycles. The molecule has 2 aromatic carbocycles. The maximum atomic E-state index is 12.6. The normalized spacial score (nSPS) is 14.9. The SMILES string of the molecule is CCCN1C(C)=NS(=O)(=O)c2cc(C(=O)Nc3ccc(OC)c(Cl)c3)ccc21. The van der Waals surface area contributed by atoms with Gasteiger partial charge in [0.25, 0.3) is 15.9 Å². The van der Waals surface area contributed by atoms with Gasteiger partial charge in [0.15, 0.2) is 0 Å². The third kappa shape index (κ3) is 3.83. The van der Waals surface area contributed by atoms with E-state index in [2.05, 4.69) is 9.71 Å². The van der Waals surface area contributed by atoms with Gasteiger partial charge in [-0.05, 0) is 49.7 Å². The number of amidine groups is 1. The fraction of sp³-hybridized carbons (Fsp3) is 0.263. The zero-order chi connectivity index (χ0) is 20.5. The lowest BCUT2D eigenvalue weighted by Gasteiger charge is -2.29. The second kappa shape index (κ2) is 7.81. The van der Waals surface area contributed by atoms with Gasteiger partial charge < -0.3 is 15.0 Å². The van der Waals surface area contributed by atoms with Crippen LogP contribution in [0.25, 0.3) is 0 Å². The number of methoxy groups -OCH3 is 1. The summed E-state index contributed by atoms with van der Waals surface area (Å²) in [7, 11) is -2.36. The number of hydrogen-bond donors (Lipinski definition) is 1. The first-order valence-electron chi connectivity index (χ1n) is 8.65. The number of benzene rings is 2. The van der Waals surface area contributed by atoms with Crippen LogP contribution in [0.4, 0.5) is 11.4 Å². The number of sulfonamides is 1. The molecule has 0 bridgehead atoms. The Bertz CT molecular complexity index is 1070. The first-order valence-corrected chi connectivity index (χ1v) is 10.5. The maximum Gasteiger partial charge on any atom is 0.286 e. The standard InChI is InChI=1S/C19H20ClN3O4S/c1-4-9-23-12(2)22-28(25,26)18-10-13(5-7-16(18)23)19(24)21-14-6-8-17(27-3)15(20)11-14/h5-8,10-11H,4,9H2,1-3H3,(H,21,24). The van der Waals surface area contributed by atoms with E-state index in [1.807, 2.05) is 11.8 Å². The van der Waals surface area contributed by atoms with Crippen molar-refractivity contribution in [1.29, 1.82) is 0 Å². The zero-order valence-electron chi connectivity index (χ0n) is 15.7. The summed E-state index contributed by atoms with van der Waals surface area (Å²) >= 11 is 6.07. The molecule has 28 heavy (non-hydrogen) atoms. The Hall–Kier alpha value is -2.58. The highest BCUT2D eigenvalue weighted by Crippen LogP contribution is 2.33. The van der Waals surface area contributed by atoms with Crippen LogP contribution in [-0.2, 0) is 10.0 Å². The van der Waals surface area contributed by atoms with E-state index in [0.29, 0.717) is 34.5 Å². The molecule has 0 saturated carbocycles. The van der Waals surface area contributed by atoms with Crippen molar-refractivity contribution >= 4 is 44.7 Å². The van der Waals surface area contributed by atoms with Gasteiger partial charge in [-0.3, -0.25) is 4.79 Å². The number of hydrogen-bond acceptors (Lipinski definition) is 5. The number of halogens is 1. The highest BCUT2D eigenvalue weighted by molar-refractivity contribution is 7.90. The number of nitrogens with zero attached hydrogens (tertiary/aromatic N) is 2. The van der Waals surface area contributed by atoms with Crippen LogP contribution >= 0.6 is 11.6 Å². The molecule has 148 valence electrons. The van der Waals surface area contributed by atoms with Gasteiger partial charge in [0.1, 0.15) is 16.5 Å². The van der Waals surface area contributed by atoms with E-state index in [0.717, 1.165) is 6.42 Å². The Morgan fingerprint density at radius 2 is 2.00 bits per heavy atom. The van der Waals surface area contributed by atoms with Crippen molar-refractivity contribution in [1.82, 2.24) is 0 Å². The number of anilines is 2. The van der Waals surface area contributed by atoms with Crippen LogP contribution in [0.2, 0.25) is 5.02 Å². The number of fused-ring (bicyclic) bond motifs is 1. The fourth-order valence-electron chi connectivity index (χ4n) is 2.98. The van der Waals surface area contributed by atoms with Crippen molar-refractivity contribution in [2.24, 2.45) is 4.40 Å². The number of carbonyl (C=O) groups excluding carboxylic acids is 1. The Morgan fingerprint density at radius 3 is 2.64 bits per heavy atom. The molecule has 1 aliphatic rings. The molecule has 0 atom stereocenters. The molecular formula is C19H20ClN3O4S.